The molecule has 0 bridgehead atoms. The molecule has 0 spiro atoms. The highest BCUT2D eigenvalue weighted by Gasteiger charge is 2.28. The van der Waals surface area contributed by atoms with E-state index in [4.69, 9.17) is 9.47 Å². The number of esters is 1. The minimum absolute atomic E-state index is 0.266. The number of rotatable bonds is 2. The van der Waals surface area contributed by atoms with Crippen molar-refractivity contribution in [1.82, 2.24) is 0 Å². The first kappa shape index (κ1) is 11.8. The summed E-state index contributed by atoms with van der Waals surface area (Å²) in [5.41, 5.74) is 2.59. The quantitative estimate of drug-likeness (QED) is 0.772. The van der Waals surface area contributed by atoms with Crippen LogP contribution in [0.2, 0.25) is 0 Å². The molecule has 1 atom stereocenters. The molecule has 1 heterocycles. The first-order valence-corrected chi connectivity index (χ1v) is 6.21. The molecule has 1 aliphatic heterocycles. The summed E-state index contributed by atoms with van der Waals surface area (Å²) in [4.78, 5) is 12.0. The second-order valence-electron chi connectivity index (χ2n) is 4.50. The van der Waals surface area contributed by atoms with Gasteiger partial charge in [-0.3, -0.25) is 0 Å². The summed E-state index contributed by atoms with van der Waals surface area (Å²) in [6.45, 7) is 0. The molecule has 0 aromatic heterocycles. The molecule has 0 amide bonds. The smallest absolute Gasteiger partial charge is 0.339 e. The maximum atomic E-state index is 12.0. The van der Waals surface area contributed by atoms with Gasteiger partial charge in [-0.1, -0.05) is 36.4 Å². The Morgan fingerprint density at radius 1 is 1.11 bits per heavy atom. The number of para-hydroxylation sites is 1. The highest BCUT2D eigenvalue weighted by molar-refractivity contribution is 5.92. The molecular formula is C16H14O3. The van der Waals surface area contributed by atoms with Gasteiger partial charge in [0.2, 0.25) is 0 Å². The van der Waals surface area contributed by atoms with E-state index in [2.05, 4.69) is 0 Å². The van der Waals surface area contributed by atoms with E-state index in [9.17, 15) is 4.79 Å². The topological polar surface area (TPSA) is 35.5 Å². The van der Waals surface area contributed by atoms with E-state index in [1.165, 1.54) is 0 Å². The Hall–Kier alpha value is -2.29. The molecule has 2 aromatic rings. The molecule has 0 aliphatic carbocycles. The van der Waals surface area contributed by atoms with Gasteiger partial charge in [-0.05, 0) is 17.7 Å². The number of cyclic esters (lactones) is 1. The van der Waals surface area contributed by atoms with Crippen molar-refractivity contribution in [1.29, 1.82) is 0 Å². The molecule has 0 saturated carbocycles. The fourth-order valence-corrected chi connectivity index (χ4v) is 2.44. The first-order chi connectivity index (χ1) is 9.29. The van der Waals surface area contributed by atoms with Gasteiger partial charge in [-0.15, -0.1) is 0 Å². The summed E-state index contributed by atoms with van der Waals surface area (Å²) in [5.74, 6) is 0.484. The zero-order valence-corrected chi connectivity index (χ0v) is 10.6. The van der Waals surface area contributed by atoms with Gasteiger partial charge in [0.1, 0.15) is 11.9 Å². The Kier molecular flexibility index (Phi) is 2.95. The van der Waals surface area contributed by atoms with Crippen LogP contribution in [0.5, 0.6) is 5.75 Å². The number of hydrogen-bond donors (Lipinski definition) is 0. The number of carbonyl (C=O) groups is 1. The van der Waals surface area contributed by atoms with Crippen LogP contribution in [0.3, 0.4) is 0 Å². The van der Waals surface area contributed by atoms with E-state index in [0.29, 0.717) is 12.0 Å². The Labute approximate surface area is 111 Å². The number of hydrogen-bond acceptors (Lipinski definition) is 3. The molecule has 1 unspecified atom stereocenters. The van der Waals surface area contributed by atoms with Gasteiger partial charge in [-0.2, -0.15) is 0 Å². The number of benzene rings is 2. The zero-order chi connectivity index (χ0) is 13.2. The summed E-state index contributed by atoms with van der Waals surface area (Å²) >= 11 is 0. The summed E-state index contributed by atoms with van der Waals surface area (Å²) < 4.78 is 10.9. The predicted molar refractivity (Wildman–Crippen MR) is 71.3 cm³/mol. The van der Waals surface area contributed by atoms with E-state index in [1.807, 2.05) is 42.5 Å². The minimum Gasteiger partial charge on any atom is -0.496 e. The maximum Gasteiger partial charge on any atom is 0.339 e. The molecule has 2 aromatic carbocycles. The van der Waals surface area contributed by atoms with Gasteiger partial charge in [0, 0.05) is 12.0 Å². The van der Waals surface area contributed by atoms with Crippen LogP contribution in [-0.4, -0.2) is 13.1 Å². The standard InChI is InChI=1S/C16H14O3/c1-18-14-9-5-4-8-13(14)15-10-11-6-2-3-7-12(11)16(17)19-15/h2-9,15H,10H2,1H3. The molecule has 3 heteroatoms. The Balaban J connectivity index is 1.99. The average molecular weight is 254 g/mol. The van der Waals surface area contributed by atoms with Crippen LogP contribution in [0, 0.1) is 0 Å². The summed E-state index contributed by atoms with van der Waals surface area (Å²) in [5, 5.41) is 0. The summed E-state index contributed by atoms with van der Waals surface area (Å²) in [7, 11) is 1.62. The van der Waals surface area contributed by atoms with Crippen molar-refractivity contribution in [3.8, 4) is 5.75 Å². The van der Waals surface area contributed by atoms with E-state index >= 15 is 0 Å². The number of fused-ring (bicyclic) bond motifs is 1. The summed E-state index contributed by atoms with van der Waals surface area (Å²) in [6.07, 6.45) is 0.404. The van der Waals surface area contributed by atoms with Crippen molar-refractivity contribution in [3.05, 3.63) is 65.2 Å². The first-order valence-electron chi connectivity index (χ1n) is 6.21. The molecule has 1 aliphatic rings. The molecule has 0 saturated heterocycles. The SMILES string of the molecule is COc1ccccc1C1Cc2ccccc2C(=O)O1. The van der Waals surface area contributed by atoms with Crippen molar-refractivity contribution in [2.75, 3.05) is 7.11 Å². The van der Waals surface area contributed by atoms with Crippen LogP contribution in [0.15, 0.2) is 48.5 Å². The molecule has 96 valence electrons. The highest BCUT2D eigenvalue weighted by atomic mass is 16.5. The van der Waals surface area contributed by atoms with Gasteiger partial charge in [-0.25, -0.2) is 4.79 Å². The van der Waals surface area contributed by atoms with Crippen LogP contribution in [0.4, 0.5) is 0 Å². The van der Waals surface area contributed by atoms with Gasteiger partial charge in [0.05, 0.1) is 12.7 Å². The lowest BCUT2D eigenvalue weighted by Crippen LogP contribution is -2.22. The highest BCUT2D eigenvalue weighted by Crippen LogP contribution is 2.34. The molecular weight excluding hydrogens is 240 g/mol. The molecule has 3 nitrogen and oxygen atoms in total. The fraction of sp³-hybridized carbons (Fsp3) is 0.188. The van der Waals surface area contributed by atoms with Crippen LogP contribution in [0.25, 0.3) is 0 Å². The Morgan fingerprint density at radius 3 is 2.68 bits per heavy atom. The second-order valence-corrected chi connectivity index (χ2v) is 4.50. The molecule has 0 radical (unpaired) electrons. The average Bonchev–Trinajstić information content (AvgIpc) is 2.47. The number of carbonyl (C=O) groups excluding carboxylic acids is 1. The van der Waals surface area contributed by atoms with Crippen LogP contribution >= 0.6 is 0 Å². The zero-order valence-electron chi connectivity index (χ0n) is 10.6. The second kappa shape index (κ2) is 4.76. The van der Waals surface area contributed by atoms with E-state index in [1.54, 1.807) is 13.2 Å². The fourth-order valence-electron chi connectivity index (χ4n) is 2.44. The van der Waals surface area contributed by atoms with Gasteiger partial charge >= 0.3 is 5.97 Å². The van der Waals surface area contributed by atoms with Crippen LogP contribution in [-0.2, 0) is 11.2 Å². The largest absolute Gasteiger partial charge is 0.496 e. The van der Waals surface area contributed by atoms with Crippen LogP contribution < -0.4 is 4.74 Å². The predicted octanol–water partition coefficient (Wildman–Crippen LogP) is 3.15. The van der Waals surface area contributed by atoms with Crippen molar-refractivity contribution >= 4 is 5.97 Å². The van der Waals surface area contributed by atoms with E-state index in [-0.39, 0.29) is 12.1 Å². The van der Waals surface area contributed by atoms with Gasteiger partial charge in [0.15, 0.2) is 0 Å². The Morgan fingerprint density at radius 2 is 1.84 bits per heavy atom. The third-order valence-corrected chi connectivity index (χ3v) is 3.38. The molecule has 0 N–H and O–H groups in total. The normalized spacial score (nSPS) is 17.5. The minimum atomic E-state index is -0.279. The van der Waals surface area contributed by atoms with E-state index in [0.717, 1.165) is 16.9 Å². The Bertz CT molecular complexity index is 619. The van der Waals surface area contributed by atoms with Crippen molar-refractivity contribution < 1.29 is 14.3 Å². The number of ether oxygens (including phenoxy) is 2. The lowest BCUT2D eigenvalue weighted by molar-refractivity contribution is 0.0248. The van der Waals surface area contributed by atoms with Crippen molar-refractivity contribution in [3.63, 3.8) is 0 Å². The van der Waals surface area contributed by atoms with Gasteiger partial charge < -0.3 is 9.47 Å². The van der Waals surface area contributed by atoms with Crippen molar-refractivity contribution in [2.24, 2.45) is 0 Å². The van der Waals surface area contributed by atoms with Gasteiger partial charge in [0.25, 0.3) is 0 Å². The molecule has 3 rings (SSSR count). The van der Waals surface area contributed by atoms with E-state index < -0.39 is 0 Å². The monoisotopic (exact) mass is 254 g/mol. The van der Waals surface area contributed by atoms with Crippen molar-refractivity contribution in [2.45, 2.75) is 12.5 Å². The third kappa shape index (κ3) is 2.08. The molecule has 0 fully saturated rings. The molecule has 19 heavy (non-hydrogen) atoms. The van der Waals surface area contributed by atoms with Crippen LogP contribution in [0.1, 0.15) is 27.6 Å². The third-order valence-electron chi connectivity index (χ3n) is 3.38. The number of methoxy groups -OCH3 is 1. The maximum absolute atomic E-state index is 12.0. The lowest BCUT2D eigenvalue weighted by atomic mass is 9.94. The lowest BCUT2D eigenvalue weighted by Gasteiger charge is -2.25. The summed E-state index contributed by atoms with van der Waals surface area (Å²) in [6, 6.07) is 15.2.